The number of ether oxygens (including phenoxy) is 2. The molecule has 2 aromatic carbocycles. The van der Waals surface area contributed by atoms with Gasteiger partial charge in [-0.25, -0.2) is 14.8 Å². The summed E-state index contributed by atoms with van der Waals surface area (Å²) < 4.78 is 43.2. The summed E-state index contributed by atoms with van der Waals surface area (Å²) in [5.74, 6) is -3.10. The standard InChI is InChI=1S/C41H50F2N4O4/c1-7-40(8-2)24-47(33-15-14-30(21-32(33)40)50-23-25-12-10-9-11-13-25)37-44-22-31(34(45-37)39(6,42)43)35(48)46-41(36(49)51-38(3,4)5)28-17-26-16-27(19-28)20-29(41)18-26/h9-15,21-22,26-29H,7-8,16-20,23-24H2,1-6H3,(H,46,48). The fraction of sp³-hybridized carbons (Fsp3) is 0.561. The van der Waals surface area contributed by atoms with Crippen LogP contribution < -0.4 is 15.0 Å². The van der Waals surface area contributed by atoms with Crippen LogP contribution >= 0.6 is 0 Å². The predicted molar refractivity (Wildman–Crippen MR) is 191 cm³/mol. The van der Waals surface area contributed by atoms with Crippen molar-refractivity contribution in [2.45, 2.75) is 116 Å². The topological polar surface area (TPSA) is 93.7 Å². The number of nitrogens with one attached hydrogen (secondary N) is 1. The van der Waals surface area contributed by atoms with Crippen LogP contribution in [0.4, 0.5) is 20.4 Å². The summed E-state index contributed by atoms with van der Waals surface area (Å²) in [6.45, 7) is 11.3. The number of rotatable bonds is 10. The molecule has 0 radical (unpaired) electrons. The minimum Gasteiger partial charge on any atom is -0.489 e. The average molecular weight is 701 g/mol. The van der Waals surface area contributed by atoms with E-state index in [-0.39, 0.29) is 28.8 Å². The minimum absolute atomic E-state index is 0.0996. The van der Waals surface area contributed by atoms with Crippen LogP contribution in [0.3, 0.4) is 0 Å². The van der Waals surface area contributed by atoms with E-state index in [1.54, 1.807) is 20.8 Å². The Kier molecular flexibility index (Phi) is 8.90. The molecule has 2 heterocycles. The van der Waals surface area contributed by atoms with E-state index < -0.39 is 34.6 Å². The second-order valence-electron chi connectivity index (χ2n) is 16.5. The molecule has 0 saturated heterocycles. The first-order valence-electron chi connectivity index (χ1n) is 18.6. The van der Waals surface area contributed by atoms with Crippen molar-refractivity contribution in [3.05, 3.63) is 77.1 Å². The molecule has 10 heteroatoms. The van der Waals surface area contributed by atoms with Crippen LogP contribution in [0.15, 0.2) is 54.7 Å². The van der Waals surface area contributed by atoms with Gasteiger partial charge in [-0.3, -0.25) is 4.79 Å². The van der Waals surface area contributed by atoms with Crippen molar-refractivity contribution in [1.29, 1.82) is 0 Å². The molecule has 0 atom stereocenters. The maximum Gasteiger partial charge on any atom is 0.332 e. The first kappa shape index (κ1) is 35.3. The predicted octanol–water partition coefficient (Wildman–Crippen LogP) is 8.64. The zero-order valence-corrected chi connectivity index (χ0v) is 30.6. The number of nitrogens with zero attached hydrogens (tertiary/aromatic N) is 3. The Labute approximate surface area is 299 Å². The molecule has 1 aliphatic heterocycles. The monoisotopic (exact) mass is 700 g/mol. The summed E-state index contributed by atoms with van der Waals surface area (Å²) in [6, 6.07) is 15.8. The molecular weight excluding hydrogens is 650 g/mol. The second-order valence-corrected chi connectivity index (χ2v) is 16.5. The largest absolute Gasteiger partial charge is 0.489 e. The number of alkyl halides is 2. The van der Waals surface area contributed by atoms with Gasteiger partial charge in [-0.2, -0.15) is 8.78 Å². The van der Waals surface area contributed by atoms with Crippen molar-refractivity contribution >= 4 is 23.5 Å². The van der Waals surface area contributed by atoms with E-state index in [4.69, 9.17) is 9.47 Å². The SMILES string of the molecule is CCC1(CC)CN(c2ncc(C(=O)NC3(C(=O)OC(C)(C)C)C4CC5CC(C4)CC3C5)c(C(C)(F)F)n2)c2ccc(OCc3ccccc3)cc21. The van der Waals surface area contributed by atoms with Gasteiger partial charge < -0.3 is 19.7 Å². The van der Waals surface area contributed by atoms with E-state index in [2.05, 4.69) is 29.1 Å². The third kappa shape index (κ3) is 6.37. The first-order chi connectivity index (χ1) is 24.2. The number of amides is 1. The highest BCUT2D eigenvalue weighted by atomic mass is 19.3. The highest BCUT2D eigenvalue weighted by Gasteiger charge is 2.63. The number of benzene rings is 2. The van der Waals surface area contributed by atoms with Gasteiger partial charge in [-0.1, -0.05) is 44.2 Å². The van der Waals surface area contributed by atoms with E-state index in [1.807, 2.05) is 53.4 Å². The molecule has 4 bridgehead atoms. The summed E-state index contributed by atoms with van der Waals surface area (Å²) >= 11 is 0. The fourth-order valence-electron chi connectivity index (χ4n) is 9.65. The highest BCUT2D eigenvalue weighted by molar-refractivity contribution is 5.99. The molecule has 272 valence electrons. The Morgan fingerprint density at radius 3 is 2.18 bits per heavy atom. The third-order valence-electron chi connectivity index (χ3n) is 12.1. The molecule has 1 aromatic heterocycles. The lowest BCUT2D eigenvalue weighted by Crippen LogP contribution is -2.71. The van der Waals surface area contributed by atoms with E-state index in [0.29, 0.717) is 25.0 Å². The summed E-state index contributed by atoms with van der Waals surface area (Å²) in [4.78, 5) is 39.2. The van der Waals surface area contributed by atoms with Gasteiger partial charge in [0.05, 0.1) is 5.56 Å². The molecule has 1 amide bonds. The molecule has 8 nitrogen and oxygen atoms in total. The van der Waals surface area contributed by atoms with Crippen LogP contribution in [0.5, 0.6) is 5.75 Å². The van der Waals surface area contributed by atoms with Crippen molar-refractivity contribution in [2.24, 2.45) is 23.7 Å². The third-order valence-corrected chi connectivity index (χ3v) is 12.1. The Morgan fingerprint density at radius 1 is 0.941 bits per heavy atom. The van der Waals surface area contributed by atoms with Crippen LogP contribution in [-0.2, 0) is 27.5 Å². The van der Waals surface area contributed by atoms with Gasteiger partial charge in [0.2, 0.25) is 5.95 Å². The summed E-state index contributed by atoms with van der Waals surface area (Å²) in [7, 11) is 0. The number of esters is 1. The molecule has 5 aliphatic rings. The van der Waals surface area contributed by atoms with Gasteiger partial charge in [-0.05, 0) is 119 Å². The Balaban J connectivity index is 1.22. The smallest absolute Gasteiger partial charge is 0.332 e. The van der Waals surface area contributed by atoms with Crippen molar-refractivity contribution in [3.8, 4) is 5.75 Å². The summed E-state index contributed by atoms with van der Waals surface area (Å²) in [6.07, 6.45) is 7.20. The highest BCUT2D eigenvalue weighted by Crippen LogP contribution is 2.59. The number of aromatic nitrogens is 2. The first-order valence-corrected chi connectivity index (χ1v) is 18.6. The molecule has 1 N–H and O–H groups in total. The Morgan fingerprint density at radius 2 is 1.59 bits per heavy atom. The normalized spacial score (nSPS) is 26.2. The molecule has 0 spiro atoms. The maximum atomic E-state index is 15.5. The van der Waals surface area contributed by atoms with Crippen molar-refractivity contribution < 1.29 is 27.8 Å². The van der Waals surface area contributed by atoms with Crippen LogP contribution in [0.2, 0.25) is 0 Å². The number of hydrogen-bond acceptors (Lipinski definition) is 7. The van der Waals surface area contributed by atoms with Crippen LogP contribution in [0.25, 0.3) is 0 Å². The van der Waals surface area contributed by atoms with E-state index >= 15 is 8.78 Å². The Hall–Kier alpha value is -4.08. The number of anilines is 2. The van der Waals surface area contributed by atoms with Crippen molar-refractivity contribution in [1.82, 2.24) is 15.3 Å². The number of carbonyl (C=O) groups excluding carboxylic acids is 2. The van der Waals surface area contributed by atoms with Gasteiger partial charge in [0.15, 0.2) is 0 Å². The van der Waals surface area contributed by atoms with E-state index in [1.165, 1.54) is 6.20 Å². The number of carbonyl (C=O) groups is 2. The summed E-state index contributed by atoms with van der Waals surface area (Å²) in [5.41, 5.74) is -0.402. The molecule has 4 fully saturated rings. The van der Waals surface area contributed by atoms with Crippen molar-refractivity contribution in [3.63, 3.8) is 0 Å². The van der Waals surface area contributed by atoms with Crippen LogP contribution in [-0.4, -0.2) is 39.5 Å². The molecule has 3 aromatic rings. The van der Waals surface area contributed by atoms with Gasteiger partial charge in [0, 0.05) is 30.8 Å². The fourth-order valence-corrected chi connectivity index (χ4v) is 9.65. The lowest BCUT2D eigenvalue weighted by Gasteiger charge is -2.59. The minimum atomic E-state index is -3.46. The van der Waals surface area contributed by atoms with Crippen molar-refractivity contribution in [2.75, 3.05) is 11.4 Å². The summed E-state index contributed by atoms with van der Waals surface area (Å²) in [5, 5.41) is 3.04. The molecule has 4 saturated carbocycles. The number of halogens is 2. The Bertz CT molecular complexity index is 1770. The maximum absolute atomic E-state index is 15.5. The van der Waals surface area contributed by atoms with Gasteiger partial charge >= 0.3 is 5.97 Å². The second kappa shape index (κ2) is 12.8. The molecule has 4 aliphatic carbocycles. The van der Waals surface area contributed by atoms with Crippen LogP contribution in [0, 0.1) is 23.7 Å². The molecule has 51 heavy (non-hydrogen) atoms. The lowest BCUT2D eigenvalue weighted by atomic mass is 9.48. The van der Waals surface area contributed by atoms with Gasteiger partial charge in [-0.15, -0.1) is 0 Å². The van der Waals surface area contributed by atoms with Crippen LogP contribution in [0.1, 0.15) is 114 Å². The number of fused-ring (bicyclic) bond motifs is 1. The van der Waals surface area contributed by atoms with E-state index in [0.717, 1.165) is 74.4 Å². The van der Waals surface area contributed by atoms with Gasteiger partial charge in [0.25, 0.3) is 11.8 Å². The van der Waals surface area contributed by atoms with E-state index in [9.17, 15) is 9.59 Å². The lowest BCUT2D eigenvalue weighted by molar-refractivity contribution is -0.180. The molecule has 0 unspecified atom stereocenters. The molecular formula is C41H50F2N4O4. The average Bonchev–Trinajstić information content (AvgIpc) is 3.42. The molecule has 8 rings (SSSR count). The quantitative estimate of drug-likeness (QED) is 0.212. The van der Waals surface area contributed by atoms with Gasteiger partial charge in [0.1, 0.15) is 29.2 Å². The zero-order valence-electron chi connectivity index (χ0n) is 30.6. The number of hydrogen-bond donors (Lipinski definition) is 1. The zero-order chi connectivity index (χ0) is 36.3.